The van der Waals surface area contributed by atoms with Gasteiger partial charge in [0, 0.05) is 51.7 Å². The molecule has 2 aliphatic heterocycles. The standard InChI is InChI=1S/C15H18N8.C7H15NO2S/c1-22-4-6-23(7-5-22)15-19-8-10(13(16)21-15)12-9-18-14-11(20-12)2-3-17-14;1-7-4-3-5-8(6-7)11(2,9)10/h2-3,8-9H,4-7H2,1H3,(H,17,18)(H2,16,19,21);7H,3-6H2,1-2H3. The van der Waals surface area contributed by atoms with Crippen LogP contribution in [0.2, 0.25) is 0 Å². The van der Waals surface area contributed by atoms with Crippen LogP contribution >= 0.6 is 0 Å². The number of sulfonamides is 1. The van der Waals surface area contributed by atoms with Crippen molar-refractivity contribution in [2.75, 3.05) is 63.2 Å². The Bertz CT molecular complexity index is 1220. The van der Waals surface area contributed by atoms with E-state index in [4.69, 9.17) is 5.73 Å². The lowest BCUT2D eigenvalue weighted by molar-refractivity contribution is 0.283. The smallest absolute Gasteiger partial charge is 0.227 e. The lowest BCUT2D eigenvalue weighted by Crippen LogP contribution is -2.45. The van der Waals surface area contributed by atoms with E-state index in [1.54, 1.807) is 16.7 Å². The first kappa shape index (κ1) is 24.3. The number of nitrogens with zero attached hydrogens (tertiary/aromatic N) is 7. The van der Waals surface area contributed by atoms with Crippen LogP contribution in [0.1, 0.15) is 19.8 Å². The van der Waals surface area contributed by atoms with Gasteiger partial charge in [-0.15, -0.1) is 0 Å². The van der Waals surface area contributed by atoms with Crippen LogP contribution in [0.3, 0.4) is 0 Å². The second kappa shape index (κ2) is 10.2. The van der Waals surface area contributed by atoms with E-state index >= 15 is 0 Å². The molecule has 0 saturated carbocycles. The zero-order chi connectivity index (χ0) is 24.3. The van der Waals surface area contributed by atoms with E-state index in [9.17, 15) is 8.42 Å². The Labute approximate surface area is 200 Å². The number of fused-ring (bicyclic) bond motifs is 1. The van der Waals surface area contributed by atoms with Crippen molar-refractivity contribution in [3.05, 3.63) is 24.7 Å². The van der Waals surface area contributed by atoms with Crippen molar-refractivity contribution in [2.24, 2.45) is 5.92 Å². The summed E-state index contributed by atoms with van der Waals surface area (Å²) in [6, 6.07) is 1.88. The number of nitrogen functional groups attached to an aromatic ring is 1. The van der Waals surface area contributed by atoms with Crippen LogP contribution in [-0.4, -0.2) is 95.1 Å². The van der Waals surface area contributed by atoms with E-state index in [1.165, 1.54) is 6.26 Å². The van der Waals surface area contributed by atoms with Gasteiger partial charge < -0.3 is 20.5 Å². The summed E-state index contributed by atoms with van der Waals surface area (Å²) in [6.07, 6.45) is 8.68. The molecule has 2 aliphatic rings. The van der Waals surface area contributed by atoms with E-state index in [1.807, 2.05) is 12.3 Å². The number of H-pyrrole nitrogens is 1. The molecule has 0 radical (unpaired) electrons. The van der Waals surface area contributed by atoms with Gasteiger partial charge in [0.15, 0.2) is 5.65 Å². The summed E-state index contributed by atoms with van der Waals surface area (Å²) in [4.78, 5) is 25.3. The Hall–Kier alpha value is -2.83. The predicted molar refractivity (Wildman–Crippen MR) is 134 cm³/mol. The molecule has 11 nitrogen and oxygen atoms in total. The minimum atomic E-state index is -2.93. The van der Waals surface area contributed by atoms with E-state index in [2.05, 4.69) is 48.7 Å². The topological polar surface area (TPSA) is 137 Å². The van der Waals surface area contributed by atoms with Crippen LogP contribution in [0.5, 0.6) is 0 Å². The van der Waals surface area contributed by atoms with Gasteiger partial charge in [0.25, 0.3) is 0 Å². The molecule has 0 aromatic carbocycles. The molecule has 0 bridgehead atoms. The van der Waals surface area contributed by atoms with Gasteiger partial charge in [-0.2, -0.15) is 4.98 Å². The molecular weight excluding hydrogens is 454 g/mol. The molecule has 2 saturated heterocycles. The molecule has 184 valence electrons. The lowest BCUT2D eigenvalue weighted by atomic mass is 10.0. The number of anilines is 2. The maximum atomic E-state index is 11.1. The summed E-state index contributed by atoms with van der Waals surface area (Å²) in [5.41, 5.74) is 9.08. The minimum Gasteiger partial charge on any atom is -0.383 e. The van der Waals surface area contributed by atoms with Gasteiger partial charge in [-0.3, -0.25) is 0 Å². The zero-order valence-corrected chi connectivity index (χ0v) is 20.8. The van der Waals surface area contributed by atoms with Gasteiger partial charge in [0.05, 0.1) is 23.7 Å². The number of aromatic nitrogens is 5. The van der Waals surface area contributed by atoms with Crippen molar-refractivity contribution in [3.8, 4) is 11.3 Å². The number of piperidine rings is 1. The fourth-order valence-electron chi connectivity index (χ4n) is 4.15. The van der Waals surface area contributed by atoms with Crippen molar-refractivity contribution in [1.29, 1.82) is 0 Å². The lowest BCUT2D eigenvalue weighted by Gasteiger charge is -2.32. The van der Waals surface area contributed by atoms with Crippen LogP contribution in [0.25, 0.3) is 22.4 Å². The largest absolute Gasteiger partial charge is 0.383 e. The maximum absolute atomic E-state index is 11.1. The number of nitrogens with two attached hydrogens (primary N) is 1. The Kier molecular flexibility index (Phi) is 7.29. The Balaban J connectivity index is 0.000000210. The maximum Gasteiger partial charge on any atom is 0.227 e. The van der Waals surface area contributed by atoms with Gasteiger partial charge in [-0.05, 0) is 31.9 Å². The normalized spacial score (nSPS) is 20.2. The highest BCUT2D eigenvalue weighted by Crippen LogP contribution is 2.25. The molecule has 2 fully saturated rings. The van der Waals surface area contributed by atoms with Crippen LogP contribution in [0, 0.1) is 5.92 Å². The van der Waals surface area contributed by atoms with E-state index in [-0.39, 0.29) is 0 Å². The monoisotopic (exact) mass is 487 g/mol. The number of rotatable bonds is 3. The predicted octanol–water partition coefficient (Wildman–Crippen LogP) is 1.43. The van der Waals surface area contributed by atoms with Gasteiger partial charge in [-0.25, -0.2) is 27.7 Å². The molecule has 12 heteroatoms. The zero-order valence-electron chi connectivity index (χ0n) is 20.0. The Morgan fingerprint density at radius 1 is 1.09 bits per heavy atom. The van der Waals surface area contributed by atoms with Crippen molar-refractivity contribution in [1.82, 2.24) is 34.1 Å². The fraction of sp³-hybridized carbons (Fsp3) is 0.545. The van der Waals surface area contributed by atoms with Crippen LogP contribution in [0.4, 0.5) is 11.8 Å². The highest BCUT2D eigenvalue weighted by atomic mass is 32.2. The van der Waals surface area contributed by atoms with Crippen LogP contribution in [0.15, 0.2) is 24.7 Å². The molecule has 3 N–H and O–H groups in total. The van der Waals surface area contributed by atoms with Gasteiger partial charge in [-0.1, -0.05) is 6.92 Å². The second-order valence-corrected chi connectivity index (χ2v) is 11.1. The highest BCUT2D eigenvalue weighted by Gasteiger charge is 2.23. The Morgan fingerprint density at radius 2 is 1.85 bits per heavy atom. The molecule has 5 heterocycles. The van der Waals surface area contributed by atoms with E-state index in [0.717, 1.165) is 50.2 Å². The quantitative estimate of drug-likeness (QED) is 0.562. The Morgan fingerprint density at radius 3 is 2.50 bits per heavy atom. The van der Waals surface area contributed by atoms with Crippen molar-refractivity contribution in [3.63, 3.8) is 0 Å². The summed E-state index contributed by atoms with van der Waals surface area (Å²) in [5, 5.41) is 0. The third-order valence-electron chi connectivity index (χ3n) is 6.22. The number of likely N-dealkylation sites (N-methyl/N-ethyl adjacent to an activating group) is 1. The van der Waals surface area contributed by atoms with Gasteiger partial charge >= 0.3 is 0 Å². The van der Waals surface area contributed by atoms with Crippen LogP contribution < -0.4 is 10.6 Å². The third-order valence-corrected chi connectivity index (χ3v) is 7.49. The number of nitrogens with one attached hydrogen (secondary N) is 1. The van der Waals surface area contributed by atoms with Crippen LogP contribution in [-0.2, 0) is 10.0 Å². The third kappa shape index (κ3) is 5.80. The molecule has 1 unspecified atom stereocenters. The average Bonchev–Trinajstić information content (AvgIpc) is 3.27. The molecule has 5 rings (SSSR count). The minimum absolute atomic E-state index is 0.429. The van der Waals surface area contributed by atoms with E-state index in [0.29, 0.717) is 42.0 Å². The van der Waals surface area contributed by atoms with Crippen molar-refractivity contribution < 1.29 is 8.42 Å². The molecule has 3 aromatic heterocycles. The molecule has 3 aromatic rings. The molecule has 0 spiro atoms. The van der Waals surface area contributed by atoms with Gasteiger partial charge in [0.2, 0.25) is 16.0 Å². The first-order chi connectivity index (χ1) is 16.2. The SMILES string of the molecule is CC1CCCN(S(C)(=O)=O)C1.CN1CCN(c2ncc(-c3cnc4[nH]ccc4n3)c(N)n2)CC1. The average molecular weight is 488 g/mol. The molecule has 34 heavy (non-hydrogen) atoms. The summed E-state index contributed by atoms with van der Waals surface area (Å²) >= 11 is 0. The summed E-state index contributed by atoms with van der Waals surface area (Å²) in [7, 11) is -0.809. The van der Waals surface area contributed by atoms with Crippen molar-refractivity contribution >= 4 is 33.0 Å². The first-order valence-electron chi connectivity index (χ1n) is 11.5. The first-order valence-corrected chi connectivity index (χ1v) is 13.4. The van der Waals surface area contributed by atoms with Gasteiger partial charge in [0.1, 0.15) is 11.3 Å². The molecule has 0 amide bonds. The number of hydrogen-bond acceptors (Lipinski definition) is 9. The fourth-order valence-corrected chi connectivity index (χ4v) is 5.14. The van der Waals surface area contributed by atoms with E-state index < -0.39 is 10.0 Å². The molecule has 0 aliphatic carbocycles. The van der Waals surface area contributed by atoms with Crippen molar-refractivity contribution in [2.45, 2.75) is 19.8 Å². The number of hydrogen-bond donors (Lipinski definition) is 2. The highest BCUT2D eigenvalue weighted by molar-refractivity contribution is 7.88. The number of piperazine rings is 1. The molecule has 1 atom stereocenters. The molecular formula is C22H33N9O2S. The summed E-state index contributed by atoms with van der Waals surface area (Å²) in [6.45, 7) is 7.33. The number of aromatic amines is 1. The summed E-state index contributed by atoms with van der Waals surface area (Å²) < 4.78 is 23.7. The second-order valence-electron chi connectivity index (χ2n) is 9.09. The summed E-state index contributed by atoms with van der Waals surface area (Å²) in [5.74, 6) is 1.63.